The number of para-hydroxylation sites is 1. The van der Waals surface area contributed by atoms with Gasteiger partial charge in [0, 0.05) is 72.7 Å². The van der Waals surface area contributed by atoms with Gasteiger partial charge in [-0.05, 0) is 77.5 Å². The van der Waals surface area contributed by atoms with Gasteiger partial charge >= 0.3 is 6.09 Å². The molecule has 0 bridgehead atoms. The summed E-state index contributed by atoms with van der Waals surface area (Å²) in [5.41, 5.74) is -0.246. The van der Waals surface area contributed by atoms with Gasteiger partial charge in [-0.1, -0.05) is 12.1 Å². The van der Waals surface area contributed by atoms with Crippen LogP contribution >= 0.6 is 0 Å². The lowest BCUT2D eigenvalue weighted by Gasteiger charge is -2.32. The summed E-state index contributed by atoms with van der Waals surface area (Å²) in [7, 11) is 5.17. The van der Waals surface area contributed by atoms with Gasteiger partial charge in [0.25, 0.3) is 5.91 Å². The second-order valence-corrected chi connectivity index (χ2v) is 12.9. The molecule has 1 aliphatic heterocycles. The molecule has 0 N–H and O–H groups in total. The van der Waals surface area contributed by atoms with E-state index in [1.54, 1.807) is 71.0 Å². The summed E-state index contributed by atoms with van der Waals surface area (Å²) in [6, 6.07) is 8.15. The van der Waals surface area contributed by atoms with E-state index < -0.39 is 11.6 Å². The van der Waals surface area contributed by atoms with Crippen molar-refractivity contribution in [3.05, 3.63) is 48.3 Å². The summed E-state index contributed by atoms with van der Waals surface area (Å²) in [5.74, 6) is -0.0220. The van der Waals surface area contributed by atoms with E-state index in [-0.39, 0.29) is 23.8 Å². The highest BCUT2D eigenvalue weighted by atomic mass is 16.6. The molecule has 1 aromatic heterocycles. The Kier molecular flexibility index (Phi) is 13.9. The number of benzene rings is 1. The zero-order chi connectivity index (χ0) is 33.7. The summed E-state index contributed by atoms with van der Waals surface area (Å²) in [5, 5.41) is 4.17. The van der Waals surface area contributed by atoms with Gasteiger partial charge in [0.15, 0.2) is 0 Å². The van der Waals surface area contributed by atoms with Crippen LogP contribution in [0.15, 0.2) is 42.7 Å². The molecule has 1 aliphatic rings. The fraction of sp³-hybridized carbons (Fsp3) is 0.618. The van der Waals surface area contributed by atoms with Gasteiger partial charge in [0.2, 0.25) is 11.8 Å². The fourth-order valence-corrected chi connectivity index (χ4v) is 5.32. The van der Waals surface area contributed by atoms with Gasteiger partial charge in [-0.25, -0.2) is 4.79 Å². The normalized spacial score (nSPS) is 17.3. The third-order valence-corrected chi connectivity index (χ3v) is 7.95. The van der Waals surface area contributed by atoms with E-state index in [4.69, 9.17) is 9.47 Å². The molecule has 1 atom stereocenters. The molecule has 2 aromatic rings. The Balaban J connectivity index is 1.70. The minimum absolute atomic E-state index is 0.0320. The van der Waals surface area contributed by atoms with Gasteiger partial charge in [0.1, 0.15) is 17.4 Å². The first-order valence-corrected chi connectivity index (χ1v) is 16.3. The predicted octanol–water partition coefficient (Wildman–Crippen LogP) is 4.30. The molecule has 0 saturated heterocycles. The second-order valence-electron chi connectivity index (χ2n) is 12.9. The highest BCUT2D eigenvalue weighted by Crippen LogP contribution is 2.23. The van der Waals surface area contributed by atoms with Crippen molar-refractivity contribution in [1.82, 2.24) is 29.4 Å². The molecule has 4 amide bonds. The summed E-state index contributed by atoms with van der Waals surface area (Å²) < 4.78 is 13.5. The summed E-state index contributed by atoms with van der Waals surface area (Å²) in [4.78, 5) is 59.8. The molecule has 254 valence electrons. The number of aryl methyl sites for hydroxylation is 1. The molecule has 46 heavy (non-hydrogen) atoms. The van der Waals surface area contributed by atoms with Gasteiger partial charge in [-0.2, -0.15) is 5.10 Å². The molecule has 0 fully saturated rings. The Morgan fingerprint density at radius 1 is 1.02 bits per heavy atom. The van der Waals surface area contributed by atoms with E-state index in [0.29, 0.717) is 95.6 Å². The molecule has 0 unspecified atom stereocenters. The highest BCUT2D eigenvalue weighted by Gasteiger charge is 2.31. The number of amides is 4. The fourth-order valence-electron chi connectivity index (χ4n) is 5.32. The molecule has 12 nitrogen and oxygen atoms in total. The van der Waals surface area contributed by atoms with Crippen molar-refractivity contribution >= 4 is 23.8 Å². The van der Waals surface area contributed by atoms with E-state index in [1.807, 2.05) is 33.0 Å². The van der Waals surface area contributed by atoms with Crippen LogP contribution in [0.25, 0.3) is 0 Å². The molecular formula is C34H52N6O6. The van der Waals surface area contributed by atoms with Crippen molar-refractivity contribution in [3.8, 4) is 5.75 Å². The van der Waals surface area contributed by atoms with Gasteiger partial charge in [-0.3, -0.25) is 19.1 Å². The average molecular weight is 641 g/mol. The van der Waals surface area contributed by atoms with Crippen molar-refractivity contribution in [2.75, 3.05) is 53.9 Å². The molecule has 1 aromatic carbocycles. The molecular weight excluding hydrogens is 588 g/mol. The number of fused-ring (bicyclic) bond motifs is 1. The summed E-state index contributed by atoms with van der Waals surface area (Å²) >= 11 is 0. The van der Waals surface area contributed by atoms with E-state index in [1.165, 1.54) is 4.90 Å². The van der Waals surface area contributed by atoms with Crippen LogP contribution in [0.5, 0.6) is 5.75 Å². The van der Waals surface area contributed by atoms with Gasteiger partial charge in [-0.15, -0.1) is 0 Å². The van der Waals surface area contributed by atoms with Crippen molar-refractivity contribution in [3.63, 3.8) is 0 Å². The third-order valence-electron chi connectivity index (χ3n) is 7.95. The number of ether oxygens (including phenoxy) is 2. The minimum atomic E-state index is -0.722. The number of likely N-dealkylation sites (N-methyl/N-ethyl adjacent to an activating group) is 2. The zero-order valence-corrected chi connectivity index (χ0v) is 28.4. The SMILES string of the molecule is CN(CCC[C@H]1C(=O)N(C)CCCCN(C(=O)OC(C)(C)C)CCCOc2ccccc2C(=O)N1C)C(=O)CCCn1cccn1. The Labute approximate surface area is 273 Å². The van der Waals surface area contributed by atoms with E-state index in [9.17, 15) is 19.2 Å². The topological polar surface area (TPSA) is 118 Å². The number of aromatic nitrogens is 2. The quantitative estimate of drug-likeness (QED) is 0.422. The Bertz CT molecular complexity index is 1280. The van der Waals surface area contributed by atoms with E-state index in [0.717, 1.165) is 0 Å². The maximum atomic E-state index is 13.8. The molecule has 3 rings (SSSR count). The number of carbonyl (C=O) groups excluding carboxylic acids is 4. The van der Waals surface area contributed by atoms with Gasteiger partial charge in [0.05, 0.1) is 12.2 Å². The second kappa shape index (κ2) is 17.6. The molecule has 0 radical (unpaired) electrons. The number of hydrogen-bond donors (Lipinski definition) is 0. The number of rotatable bonds is 8. The van der Waals surface area contributed by atoms with Crippen molar-refractivity contribution in [2.24, 2.45) is 0 Å². The smallest absolute Gasteiger partial charge is 0.410 e. The van der Waals surface area contributed by atoms with E-state index >= 15 is 0 Å². The third kappa shape index (κ3) is 11.4. The average Bonchev–Trinajstić information content (AvgIpc) is 3.53. The monoisotopic (exact) mass is 640 g/mol. The number of hydrogen-bond acceptors (Lipinski definition) is 7. The van der Waals surface area contributed by atoms with Crippen LogP contribution in [0.1, 0.15) is 76.1 Å². The first kappa shape index (κ1) is 36.4. The van der Waals surface area contributed by atoms with Crippen LogP contribution < -0.4 is 4.74 Å². The molecule has 12 heteroatoms. The van der Waals surface area contributed by atoms with Crippen molar-refractivity contribution < 1.29 is 28.7 Å². The number of carbonyl (C=O) groups is 4. The maximum absolute atomic E-state index is 13.8. The molecule has 0 spiro atoms. The Hall–Kier alpha value is -4.09. The van der Waals surface area contributed by atoms with Crippen LogP contribution in [-0.2, 0) is 20.9 Å². The molecule has 2 heterocycles. The standard InChI is InChI=1S/C34H52N6O6/c1-34(2,3)46-33(44)39-22-10-9-20-37(5)32(43)28(16-11-21-36(4)30(41)18-12-24-40-25-13-19-35-40)38(6)31(42)27-15-7-8-17-29(27)45-26-14-23-39/h7-8,13,15,17,19,25,28H,9-12,14,16,18,20-24,26H2,1-6H3/t28-/m0/s1. The van der Waals surface area contributed by atoms with Crippen LogP contribution in [0, 0.1) is 0 Å². The first-order chi connectivity index (χ1) is 21.9. The Morgan fingerprint density at radius 2 is 1.74 bits per heavy atom. The zero-order valence-electron chi connectivity index (χ0n) is 28.4. The molecule has 0 saturated carbocycles. The highest BCUT2D eigenvalue weighted by molar-refractivity contribution is 5.99. The lowest BCUT2D eigenvalue weighted by molar-refractivity contribution is -0.134. The lowest BCUT2D eigenvalue weighted by Crippen LogP contribution is -2.49. The van der Waals surface area contributed by atoms with Gasteiger partial charge < -0.3 is 29.1 Å². The van der Waals surface area contributed by atoms with Crippen LogP contribution in [0.4, 0.5) is 4.79 Å². The van der Waals surface area contributed by atoms with E-state index in [2.05, 4.69) is 5.10 Å². The predicted molar refractivity (Wildman–Crippen MR) is 175 cm³/mol. The Morgan fingerprint density at radius 3 is 2.46 bits per heavy atom. The maximum Gasteiger partial charge on any atom is 0.410 e. The largest absolute Gasteiger partial charge is 0.493 e. The summed E-state index contributed by atoms with van der Waals surface area (Å²) in [6.45, 7) is 8.39. The van der Waals surface area contributed by atoms with Crippen molar-refractivity contribution in [2.45, 2.75) is 83.9 Å². The summed E-state index contributed by atoms with van der Waals surface area (Å²) in [6.07, 6.45) is 7.18. The van der Waals surface area contributed by atoms with Crippen molar-refractivity contribution in [1.29, 1.82) is 0 Å². The van der Waals surface area contributed by atoms with Crippen LogP contribution in [-0.4, -0.2) is 119 Å². The number of nitrogens with zero attached hydrogens (tertiary/aromatic N) is 6. The lowest BCUT2D eigenvalue weighted by atomic mass is 10.1. The minimum Gasteiger partial charge on any atom is -0.493 e. The molecule has 0 aliphatic carbocycles. The van der Waals surface area contributed by atoms with Crippen LogP contribution in [0.2, 0.25) is 0 Å². The van der Waals surface area contributed by atoms with Crippen LogP contribution in [0.3, 0.4) is 0 Å². The first-order valence-electron chi connectivity index (χ1n) is 16.3.